The highest BCUT2D eigenvalue weighted by atomic mass is 79.9. The van der Waals surface area contributed by atoms with Crippen LogP contribution in [0.15, 0.2) is 33.6 Å². The van der Waals surface area contributed by atoms with Gasteiger partial charge in [-0.25, -0.2) is 0 Å². The van der Waals surface area contributed by atoms with E-state index in [1.165, 1.54) is 4.90 Å². The van der Waals surface area contributed by atoms with Gasteiger partial charge in [-0.1, -0.05) is 22.9 Å². The van der Waals surface area contributed by atoms with Crippen LogP contribution < -0.4 is 5.32 Å². The summed E-state index contributed by atoms with van der Waals surface area (Å²) in [7, 11) is 0. The largest absolute Gasteiger partial charge is 0.300 e. The molecule has 1 aliphatic rings. The predicted molar refractivity (Wildman–Crippen MR) is 79.7 cm³/mol. The van der Waals surface area contributed by atoms with Crippen LogP contribution in [0.25, 0.3) is 0 Å². The molecule has 2 atom stereocenters. The molecule has 1 aromatic rings. The van der Waals surface area contributed by atoms with Crippen molar-refractivity contribution in [2.24, 2.45) is 0 Å². The number of nitriles is 1. The van der Waals surface area contributed by atoms with Gasteiger partial charge in [0.05, 0.1) is 6.07 Å². The zero-order valence-corrected chi connectivity index (χ0v) is 12.9. The van der Waals surface area contributed by atoms with E-state index in [1.54, 1.807) is 0 Å². The number of benzene rings is 1. The molecule has 18 heavy (non-hydrogen) atoms. The van der Waals surface area contributed by atoms with Gasteiger partial charge in [-0.3, -0.25) is 5.32 Å². The third-order valence-electron chi connectivity index (χ3n) is 3.31. The fourth-order valence-electron chi connectivity index (χ4n) is 2.45. The minimum atomic E-state index is -0.290. The maximum absolute atomic E-state index is 9.34. The molecule has 4 heteroatoms. The maximum Gasteiger partial charge on any atom is 0.107 e. The lowest BCUT2D eigenvalue weighted by Gasteiger charge is -2.21. The quantitative estimate of drug-likeness (QED) is 0.910. The Hall–Kier alpha value is -0.500. The van der Waals surface area contributed by atoms with Crippen molar-refractivity contribution in [1.82, 2.24) is 5.32 Å². The molecular weight excluding hydrogens is 308 g/mol. The third kappa shape index (κ3) is 3.28. The second-order valence-corrected chi connectivity index (χ2v) is 6.95. The van der Waals surface area contributed by atoms with Gasteiger partial charge >= 0.3 is 0 Å². The molecule has 1 aromatic carbocycles. The van der Waals surface area contributed by atoms with Crippen LogP contribution in [0.5, 0.6) is 0 Å². The summed E-state index contributed by atoms with van der Waals surface area (Å²) in [6.07, 6.45) is 3.02. The molecule has 2 rings (SSSR count). The number of thioether (sulfide) groups is 1. The summed E-state index contributed by atoms with van der Waals surface area (Å²) in [4.78, 5) is 1.29. The second-order valence-electron chi connectivity index (χ2n) is 4.66. The smallest absolute Gasteiger partial charge is 0.107 e. The van der Waals surface area contributed by atoms with E-state index in [0.717, 1.165) is 30.3 Å². The molecule has 0 saturated heterocycles. The van der Waals surface area contributed by atoms with Crippen LogP contribution in [-0.2, 0) is 0 Å². The minimum absolute atomic E-state index is 0.290. The highest BCUT2D eigenvalue weighted by Crippen LogP contribution is 2.40. The van der Waals surface area contributed by atoms with E-state index in [4.69, 9.17) is 0 Å². The lowest BCUT2D eigenvalue weighted by molar-refractivity contribution is 0.436. The van der Waals surface area contributed by atoms with E-state index in [0.29, 0.717) is 5.25 Å². The Balaban J connectivity index is 1.97. The molecule has 2 unspecified atom stereocenters. The highest BCUT2D eigenvalue weighted by Gasteiger charge is 2.38. The van der Waals surface area contributed by atoms with Crippen molar-refractivity contribution in [3.05, 3.63) is 28.7 Å². The van der Waals surface area contributed by atoms with Crippen LogP contribution in [0, 0.1) is 11.3 Å². The molecule has 2 nitrogen and oxygen atoms in total. The molecule has 1 N–H and O–H groups in total. The lowest BCUT2D eigenvalue weighted by Crippen LogP contribution is -2.41. The molecule has 1 fully saturated rings. The van der Waals surface area contributed by atoms with Crippen molar-refractivity contribution in [2.75, 3.05) is 6.54 Å². The van der Waals surface area contributed by atoms with Crippen LogP contribution in [0.3, 0.4) is 0 Å². The highest BCUT2D eigenvalue weighted by molar-refractivity contribution is 9.10. The van der Waals surface area contributed by atoms with E-state index >= 15 is 0 Å². The summed E-state index contributed by atoms with van der Waals surface area (Å²) in [6, 6.07) is 10.9. The van der Waals surface area contributed by atoms with Crippen LogP contribution >= 0.6 is 27.7 Å². The van der Waals surface area contributed by atoms with Crippen LogP contribution in [0.4, 0.5) is 0 Å². The summed E-state index contributed by atoms with van der Waals surface area (Å²) in [5, 5.41) is 13.2. The number of halogens is 1. The van der Waals surface area contributed by atoms with Gasteiger partial charge in [-0.05, 0) is 50.1 Å². The molecule has 0 radical (unpaired) electrons. The van der Waals surface area contributed by atoms with E-state index in [9.17, 15) is 5.26 Å². The summed E-state index contributed by atoms with van der Waals surface area (Å²) >= 11 is 5.34. The van der Waals surface area contributed by atoms with Gasteiger partial charge in [0.25, 0.3) is 0 Å². The van der Waals surface area contributed by atoms with Crippen molar-refractivity contribution in [2.45, 2.75) is 41.9 Å². The van der Waals surface area contributed by atoms with Gasteiger partial charge in [0.2, 0.25) is 0 Å². The average Bonchev–Trinajstić information content (AvgIpc) is 2.77. The molecule has 96 valence electrons. The molecule has 0 spiro atoms. The van der Waals surface area contributed by atoms with Crippen LogP contribution in [0.2, 0.25) is 0 Å². The number of nitrogens with zero attached hydrogens (tertiary/aromatic N) is 1. The number of nitrogens with one attached hydrogen (secondary N) is 1. The molecular formula is C14H17BrN2S. The van der Waals surface area contributed by atoms with Gasteiger partial charge in [0.15, 0.2) is 0 Å². The molecule has 1 aliphatic carbocycles. The van der Waals surface area contributed by atoms with Gasteiger partial charge < -0.3 is 0 Å². The normalized spacial score (nSPS) is 27.1. The summed E-state index contributed by atoms with van der Waals surface area (Å²) in [6.45, 7) is 2.93. The van der Waals surface area contributed by atoms with Gasteiger partial charge in [0.1, 0.15) is 5.54 Å². The monoisotopic (exact) mass is 324 g/mol. The molecule has 1 saturated carbocycles. The summed E-state index contributed by atoms with van der Waals surface area (Å²) in [5.74, 6) is 0. The van der Waals surface area contributed by atoms with Crippen LogP contribution in [-0.4, -0.2) is 17.3 Å². The molecule has 0 bridgehead atoms. The third-order valence-corrected chi connectivity index (χ3v) is 5.12. The van der Waals surface area contributed by atoms with Gasteiger partial charge in [-0.15, -0.1) is 11.8 Å². The zero-order valence-electron chi connectivity index (χ0n) is 10.4. The standard InChI is InChI=1S/C14H17BrN2S/c1-2-17-14(10-16)8-7-13(9-14)18-12-5-3-11(15)4-6-12/h3-6,13,17H,2,7-9H2,1H3. The fourth-order valence-corrected chi connectivity index (χ4v) is 3.99. The fraction of sp³-hybridized carbons (Fsp3) is 0.500. The topological polar surface area (TPSA) is 35.8 Å². The lowest BCUT2D eigenvalue weighted by atomic mass is 10.0. The van der Waals surface area contributed by atoms with Crippen molar-refractivity contribution in [1.29, 1.82) is 5.26 Å². The van der Waals surface area contributed by atoms with Crippen molar-refractivity contribution < 1.29 is 0 Å². The molecule has 0 heterocycles. The number of hydrogen-bond donors (Lipinski definition) is 1. The first kappa shape index (κ1) is 13.9. The minimum Gasteiger partial charge on any atom is -0.300 e. The Morgan fingerprint density at radius 3 is 2.83 bits per heavy atom. The van der Waals surface area contributed by atoms with E-state index in [-0.39, 0.29) is 5.54 Å². The van der Waals surface area contributed by atoms with Gasteiger partial charge in [-0.2, -0.15) is 5.26 Å². The first-order valence-corrected chi connectivity index (χ1v) is 7.93. The Morgan fingerprint density at radius 2 is 2.22 bits per heavy atom. The van der Waals surface area contributed by atoms with E-state index in [1.807, 2.05) is 11.8 Å². The van der Waals surface area contributed by atoms with Crippen LogP contribution in [0.1, 0.15) is 26.2 Å². The maximum atomic E-state index is 9.34. The van der Waals surface area contributed by atoms with E-state index in [2.05, 4.69) is 58.5 Å². The van der Waals surface area contributed by atoms with Gasteiger partial charge in [0, 0.05) is 14.6 Å². The number of rotatable bonds is 4. The zero-order chi connectivity index (χ0) is 13.0. The Bertz CT molecular complexity index is 440. The van der Waals surface area contributed by atoms with Crippen molar-refractivity contribution in [3.8, 4) is 6.07 Å². The van der Waals surface area contributed by atoms with Crippen molar-refractivity contribution >= 4 is 27.7 Å². The Labute approximate surface area is 121 Å². The summed E-state index contributed by atoms with van der Waals surface area (Å²) in [5.41, 5.74) is -0.290. The predicted octanol–water partition coefficient (Wildman–Crippen LogP) is 3.97. The summed E-state index contributed by atoms with van der Waals surface area (Å²) < 4.78 is 1.11. The second kappa shape index (κ2) is 6.10. The SMILES string of the molecule is CCNC1(C#N)CCC(Sc2ccc(Br)cc2)C1. The Kier molecular flexibility index (Phi) is 4.71. The first-order valence-electron chi connectivity index (χ1n) is 6.26. The number of hydrogen-bond acceptors (Lipinski definition) is 3. The molecule has 0 aromatic heterocycles. The Morgan fingerprint density at radius 1 is 1.50 bits per heavy atom. The molecule has 0 aliphatic heterocycles. The molecule has 0 amide bonds. The van der Waals surface area contributed by atoms with E-state index < -0.39 is 0 Å². The average molecular weight is 325 g/mol. The first-order chi connectivity index (χ1) is 8.67. The van der Waals surface area contributed by atoms with Crippen molar-refractivity contribution in [3.63, 3.8) is 0 Å².